The van der Waals surface area contributed by atoms with Crippen LogP contribution in [0.2, 0.25) is 0 Å². The molecule has 0 amide bonds. The fourth-order valence-corrected chi connectivity index (χ4v) is 4.74. The van der Waals surface area contributed by atoms with E-state index in [0.717, 1.165) is 25.2 Å². The zero-order chi connectivity index (χ0) is 26.8. The lowest BCUT2D eigenvalue weighted by Crippen LogP contribution is -2.41. The molecule has 1 atom stereocenters. The molecule has 36 heavy (non-hydrogen) atoms. The van der Waals surface area contributed by atoms with Crippen molar-refractivity contribution in [2.24, 2.45) is 5.73 Å². The highest BCUT2D eigenvalue weighted by Crippen LogP contribution is 2.45. The van der Waals surface area contributed by atoms with Gasteiger partial charge in [-0.15, -0.1) is 0 Å². The van der Waals surface area contributed by atoms with Crippen LogP contribution in [0.15, 0.2) is 70.0 Å². The van der Waals surface area contributed by atoms with Crippen molar-refractivity contribution in [3.05, 3.63) is 76.3 Å². The smallest absolute Gasteiger partial charge is 0.355 e. The van der Waals surface area contributed by atoms with Gasteiger partial charge in [-0.25, -0.2) is 9.59 Å². The third-order valence-electron chi connectivity index (χ3n) is 5.61. The summed E-state index contributed by atoms with van der Waals surface area (Å²) < 4.78 is 48.4. The predicted octanol–water partition coefficient (Wildman–Crippen LogP) is 2.15. The van der Waals surface area contributed by atoms with E-state index in [-0.39, 0.29) is 39.7 Å². The molecule has 0 aromatic heterocycles. The van der Waals surface area contributed by atoms with E-state index >= 15 is 0 Å². The fraction of sp³-hybridized carbons (Fsp3) is 0.208. The van der Waals surface area contributed by atoms with Crippen molar-refractivity contribution < 1.29 is 36.8 Å². The van der Waals surface area contributed by atoms with E-state index in [9.17, 15) is 27.8 Å². The van der Waals surface area contributed by atoms with Gasteiger partial charge in [-0.05, 0) is 24.1 Å². The molecule has 2 aromatic rings. The molecule has 1 unspecified atom stereocenters. The van der Waals surface area contributed by atoms with Gasteiger partial charge in [0.2, 0.25) is 0 Å². The van der Waals surface area contributed by atoms with Gasteiger partial charge in [0.1, 0.15) is 22.2 Å². The number of carbonyl (C=O) groups excluding carboxylic acids is 2. The molecule has 12 heteroatoms. The lowest BCUT2D eigenvalue weighted by Gasteiger charge is -2.36. The molecular formula is C24H23N3O8S. The Hall–Kier alpha value is -4.34. The summed E-state index contributed by atoms with van der Waals surface area (Å²) in [7, 11) is -1.26. The summed E-state index contributed by atoms with van der Waals surface area (Å²) in [6, 6.07) is 12.8. The van der Waals surface area contributed by atoms with Gasteiger partial charge in [0.25, 0.3) is 10.1 Å². The van der Waals surface area contributed by atoms with Crippen LogP contribution < -0.4 is 15.4 Å². The number of carbonyl (C=O) groups is 2. The minimum Gasteiger partial charge on any atom is -0.495 e. The molecule has 3 rings (SSSR count). The van der Waals surface area contributed by atoms with Crippen molar-refractivity contribution in [3.63, 3.8) is 0 Å². The maximum absolute atomic E-state index is 13.1. The molecule has 0 radical (unpaired) electrons. The van der Waals surface area contributed by atoms with Crippen LogP contribution in [0.3, 0.4) is 0 Å². The Morgan fingerprint density at radius 3 is 2.19 bits per heavy atom. The number of benzene rings is 2. The molecule has 188 valence electrons. The van der Waals surface area contributed by atoms with Gasteiger partial charge >= 0.3 is 11.9 Å². The standard InChI is InChI=1S/C24H23N3O8S/c1-13-10-18(36(30,31)32)17(33-2)11-16(13)27-21(24(29)35-4)20(23(28)34-3)19(15(12-25)22(27)26)14-8-6-5-7-9-14/h5-11,19H,26H2,1-4H3,(H,30,31,32). The summed E-state index contributed by atoms with van der Waals surface area (Å²) in [4.78, 5) is 26.8. The van der Waals surface area contributed by atoms with Crippen LogP contribution in [-0.4, -0.2) is 46.2 Å². The molecule has 0 bridgehead atoms. The van der Waals surface area contributed by atoms with Crippen molar-refractivity contribution in [1.82, 2.24) is 0 Å². The molecule has 0 fully saturated rings. The molecular weight excluding hydrogens is 490 g/mol. The van der Waals surface area contributed by atoms with E-state index < -0.39 is 32.9 Å². The molecule has 1 heterocycles. The van der Waals surface area contributed by atoms with Crippen molar-refractivity contribution in [1.29, 1.82) is 5.26 Å². The zero-order valence-corrected chi connectivity index (χ0v) is 20.6. The summed E-state index contributed by atoms with van der Waals surface area (Å²) in [6.07, 6.45) is 0. The third-order valence-corrected chi connectivity index (χ3v) is 6.49. The highest BCUT2D eigenvalue weighted by Gasteiger charge is 2.43. The highest BCUT2D eigenvalue weighted by molar-refractivity contribution is 7.86. The van der Waals surface area contributed by atoms with Crippen LogP contribution in [-0.2, 0) is 29.2 Å². The second-order valence-electron chi connectivity index (χ2n) is 7.60. The minimum atomic E-state index is -4.67. The maximum Gasteiger partial charge on any atom is 0.355 e. The first-order chi connectivity index (χ1) is 17.0. The van der Waals surface area contributed by atoms with E-state index in [1.165, 1.54) is 20.1 Å². The lowest BCUT2D eigenvalue weighted by atomic mass is 9.80. The van der Waals surface area contributed by atoms with Gasteiger partial charge in [-0.3, -0.25) is 9.45 Å². The van der Waals surface area contributed by atoms with Crippen LogP contribution in [0.5, 0.6) is 5.75 Å². The molecule has 0 aliphatic carbocycles. The Morgan fingerprint density at radius 1 is 1.08 bits per heavy atom. The number of anilines is 1. The summed E-state index contributed by atoms with van der Waals surface area (Å²) in [5, 5.41) is 10.1. The number of allylic oxidation sites excluding steroid dienone is 1. The molecule has 0 spiro atoms. The number of hydrogen-bond acceptors (Lipinski definition) is 10. The quantitative estimate of drug-likeness (QED) is 0.428. The minimum absolute atomic E-state index is 0.0634. The van der Waals surface area contributed by atoms with E-state index in [4.69, 9.17) is 19.9 Å². The third kappa shape index (κ3) is 4.49. The Balaban J connectivity index is 2.48. The number of ether oxygens (including phenoxy) is 3. The SMILES string of the molecule is COC(=O)C1=C(C(=O)OC)N(c2cc(OC)c(S(=O)(=O)O)cc2C)C(N)=C(C#N)C1c1ccccc1. The van der Waals surface area contributed by atoms with Crippen LogP contribution in [0.4, 0.5) is 5.69 Å². The average Bonchev–Trinajstić information content (AvgIpc) is 2.87. The summed E-state index contributed by atoms with van der Waals surface area (Å²) in [5.74, 6) is -3.40. The second-order valence-corrected chi connectivity index (χ2v) is 8.99. The largest absolute Gasteiger partial charge is 0.495 e. The lowest BCUT2D eigenvalue weighted by molar-refractivity contribution is -0.139. The fourth-order valence-electron chi connectivity index (χ4n) is 4.02. The zero-order valence-electron chi connectivity index (χ0n) is 19.8. The van der Waals surface area contributed by atoms with Gasteiger partial charge in [-0.2, -0.15) is 13.7 Å². The molecule has 1 aliphatic rings. The Morgan fingerprint density at radius 2 is 1.69 bits per heavy atom. The molecule has 2 aromatic carbocycles. The maximum atomic E-state index is 13.1. The molecule has 11 nitrogen and oxygen atoms in total. The van der Waals surface area contributed by atoms with Crippen LogP contribution in [0, 0.1) is 18.3 Å². The summed E-state index contributed by atoms with van der Waals surface area (Å²) in [5.41, 5.74) is 6.64. The first-order valence-corrected chi connectivity index (χ1v) is 11.8. The van der Waals surface area contributed by atoms with Crippen molar-refractivity contribution in [3.8, 4) is 11.8 Å². The van der Waals surface area contributed by atoms with Gasteiger partial charge < -0.3 is 19.9 Å². The average molecular weight is 514 g/mol. The number of rotatable bonds is 6. The van der Waals surface area contributed by atoms with Gasteiger partial charge in [0.15, 0.2) is 0 Å². The number of methoxy groups -OCH3 is 3. The number of nitrogens with zero attached hydrogens (tertiary/aromatic N) is 2. The Kier molecular flexibility index (Phi) is 7.37. The molecule has 0 saturated heterocycles. The Labute approximate surface area is 207 Å². The molecule has 1 aliphatic heterocycles. The highest BCUT2D eigenvalue weighted by atomic mass is 32.2. The van der Waals surface area contributed by atoms with Crippen LogP contribution >= 0.6 is 0 Å². The second kappa shape index (κ2) is 10.1. The normalized spacial score (nSPS) is 15.9. The Bertz CT molecular complexity index is 1440. The van der Waals surface area contributed by atoms with Gasteiger partial charge in [0.05, 0.1) is 50.2 Å². The first kappa shape index (κ1) is 26.3. The van der Waals surface area contributed by atoms with E-state index in [2.05, 4.69) is 0 Å². The number of hydrogen-bond donors (Lipinski definition) is 2. The number of aryl methyl sites for hydroxylation is 1. The van der Waals surface area contributed by atoms with E-state index in [1.54, 1.807) is 30.3 Å². The van der Waals surface area contributed by atoms with E-state index in [1.807, 2.05) is 6.07 Å². The number of nitrogens with two attached hydrogens (primary N) is 1. The first-order valence-electron chi connectivity index (χ1n) is 10.3. The van der Waals surface area contributed by atoms with Crippen molar-refractivity contribution >= 4 is 27.7 Å². The number of esters is 2. The van der Waals surface area contributed by atoms with Gasteiger partial charge in [-0.1, -0.05) is 30.3 Å². The van der Waals surface area contributed by atoms with E-state index in [0.29, 0.717) is 5.56 Å². The molecule has 3 N–H and O–H groups in total. The molecule has 0 saturated carbocycles. The predicted molar refractivity (Wildman–Crippen MR) is 127 cm³/mol. The van der Waals surface area contributed by atoms with Crippen molar-refractivity contribution in [2.75, 3.05) is 26.2 Å². The van der Waals surface area contributed by atoms with Gasteiger partial charge in [0, 0.05) is 6.07 Å². The van der Waals surface area contributed by atoms with Crippen molar-refractivity contribution in [2.45, 2.75) is 17.7 Å². The van der Waals surface area contributed by atoms with Crippen LogP contribution in [0.25, 0.3) is 0 Å². The summed E-state index contributed by atoms with van der Waals surface area (Å²) in [6.45, 7) is 1.48. The number of nitriles is 1. The topological polar surface area (TPSA) is 169 Å². The summed E-state index contributed by atoms with van der Waals surface area (Å²) >= 11 is 0. The monoisotopic (exact) mass is 513 g/mol. The van der Waals surface area contributed by atoms with Crippen LogP contribution in [0.1, 0.15) is 17.0 Å².